The maximum atomic E-state index is 17.2. The van der Waals surface area contributed by atoms with Crippen molar-refractivity contribution in [3.05, 3.63) is 160 Å². The van der Waals surface area contributed by atoms with E-state index in [1.54, 1.807) is 28.0 Å². The second-order valence-electron chi connectivity index (χ2n) is 26.5. The fourth-order valence-corrected chi connectivity index (χ4v) is 15.1. The van der Waals surface area contributed by atoms with Gasteiger partial charge in [-0.2, -0.15) is 9.78 Å². The number of halogens is 1. The first-order chi connectivity index (χ1) is 45.8. The van der Waals surface area contributed by atoms with Gasteiger partial charge in [0.1, 0.15) is 18.3 Å². The number of hydrogen-bond donors (Lipinski definition) is 1. The van der Waals surface area contributed by atoms with Gasteiger partial charge in [0.05, 0.1) is 48.6 Å². The average Bonchev–Trinajstić information content (AvgIpc) is 1.52. The number of rotatable bonds is 19. The second-order valence-corrected chi connectivity index (χ2v) is 26.5. The molecule has 4 amide bonds. The molecule has 7 aromatic heterocycles. The van der Waals surface area contributed by atoms with Crippen molar-refractivity contribution < 1.29 is 28.3 Å². The molecule has 15 rings (SSSR count). The predicted molar refractivity (Wildman–Crippen MR) is 354 cm³/mol. The molecule has 11 heterocycles. The van der Waals surface area contributed by atoms with Gasteiger partial charge < -0.3 is 29.2 Å². The number of nitrogens with one attached hydrogen (secondary N) is 1. The summed E-state index contributed by atoms with van der Waals surface area (Å²) in [5.74, 6) is -0.0242. The molecule has 22 heteroatoms. The highest BCUT2D eigenvalue weighted by Gasteiger charge is 2.49. The summed E-state index contributed by atoms with van der Waals surface area (Å²) in [5, 5.41) is 18.8. The summed E-state index contributed by atoms with van der Waals surface area (Å²) in [7, 11) is 0. The van der Waals surface area contributed by atoms with Crippen LogP contribution in [0.3, 0.4) is 0 Å². The van der Waals surface area contributed by atoms with Gasteiger partial charge in [-0.05, 0) is 141 Å². The van der Waals surface area contributed by atoms with Gasteiger partial charge >= 0.3 is 0 Å². The fourth-order valence-electron chi connectivity index (χ4n) is 15.1. The standard InChI is InChI=1S/C72H80FN17O4/c1-6-48-31-46(5)74-39-59(48)56-35-55(49-11-9-21-83(41-49)66(91)17-23-86-25-19-75-80-86)68(73)69-57(56)36-61(79-69)72(94)82-29-27-81(28-30-82)63-37-64(63)90-76-20-26-87(90)24-18-67(92)84-22-10-12-50(42-84)62-34-51-32-52(71(93)85-43-53-38-77-89(8-3)65(53)44-85)33-58(70(51)88(62)40-47-14-15-47)54-16-13-45(4)78-60(54)7-2/h11-13,16,19-20,25-26,31-36,38-39,47,63-64H,6-10,14-15,17-18,21-24,27-30,37,40-44H2,1-5H3/p+1. The van der Waals surface area contributed by atoms with E-state index in [0.29, 0.717) is 113 Å². The van der Waals surface area contributed by atoms with Crippen LogP contribution in [0.15, 0.2) is 97.9 Å². The normalized spacial score (nSPS) is 18.4. The van der Waals surface area contributed by atoms with Crippen LogP contribution in [0, 0.1) is 25.6 Å². The third kappa shape index (κ3) is 11.6. The third-order valence-corrected chi connectivity index (χ3v) is 20.4. The van der Waals surface area contributed by atoms with E-state index < -0.39 is 5.82 Å². The first-order valence-electron chi connectivity index (χ1n) is 33.8. The highest BCUT2D eigenvalue weighted by molar-refractivity contribution is 6.07. The van der Waals surface area contributed by atoms with Gasteiger partial charge in [0.25, 0.3) is 11.8 Å². The number of benzene rings is 2. The quantitative estimate of drug-likeness (QED) is 0.0757. The van der Waals surface area contributed by atoms with Gasteiger partial charge in [0.2, 0.25) is 18.0 Å². The molecular formula is C72H81FN17O4+. The number of H-pyrrole nitrogens is 1. The molecular weight excluding hydrogens is 1190 g/mol. The van der Waals surface area contributed by atoms with Crippen LogP contribution in [0.5, 0.6) is 0 Å². The molecule has 484 valence electrons. The second kappa shape index (κ2) is 25.1. The van der Waals surface area contributed by atoms with Crippen molar-refractivity contribution >= 4 is 56.6 Å². The van der Waals surface area contributed by atoms with E-state index in [-0.39, 0.29) is 54.2 Å². The Hall–Kier alpha value is -9.44. The molecule has 0 radical (unpaired) electrons. The van der Waals surface area contributed by atoms with E-state index in [1.807, 2.05) is 75.0 Å². The van der Waals surface area contributed by atoms with Gasteiger partial charge in [-0.3, -0.25) is 43.4 Å². The van der Waals surface area contributed by atoms with Crippen molar-refractivity contribution in [2.45, 2.75) is 144 Å². The fraction of sp³-hybridized carbons (Fsp3) is 0.431. The first kappa shape index (κ1) is 60.8. The first-order valence-corrected chi connectivity index (χ1v) is 33.8. The summed E-state index contributed by atoms with van der Waals surface area (Å²) < 4.78 is 25.4. The molecule has 0 spiro atoms. The zero-order valence-corrected chi connectivity index (χ0v) is 54.4. The van der Waals surface area contributed by atoms with Gasteiger partial charge in [0.15, 0.2) is 12.0 Å². The van der Waals surface area contributed by atoms with Crippen LogP contribution in [-0.2, 0) is 61.7 Å². The molecule has 0 bridgehead atoms. The van der Waals surface area contributed by atoms with Crippen LogP contribution in [0.2, 0.25) is 0 Å². The minimum Gasteiger partial charge on any atom is -0.348 e. The number of nitrogens with zero attached hydrogens (tertiary/aromatic N) is 16. The number of hydrogen-bond acceptors (Lipinski definition) is 11. The Labute approximate surface area is 545 Å². The van der Waals surface area contributed by atoms with E-state index in [0.717, 1.165) is 123 Å². The van der Waals surface area contributed by atoms with E-state index in [1.165, 1.54) is 12.8 Å². The maximum Gasteiger partial charge on any atom is 0.270 e. The van der Waals surface area contributed by atoms with Crippen LogP contribution in [-0.4, -0.2) is 161 Å². The number of pyridine rings is 2. The van der Waals surface area contributed by atoms with Crippen LogP contribution >= 0.6 is 0 Å². The van der Waals surface area contributed by atoms with Crippen molar-refractivity contribution in [1.82, 2.24) is 78.7 Å². The summed E-state index contributed by atoms with van der Waals surface area (Å²) in [6, 6.07) is 16.8. The molecule has 21 nitrogen and oxygen atoms in total. The smallest absolute Gasteiger partial charge is 0.270 e. The van der Waals surface area contributed by atoms with E-state index in [4.69, 9.17) is 10.1 Å². The number of carbonyl (C=O) groups excluding carboxylic acids is 4. The number of piperazine rings is 1. The van der Waals surface area contributed by atoms with E-state index in [9.17, 15) is 19.2 Å². The van der Waals surface area contributed by atoms with Gasteiger partial charge in [-0.25, -0.2) is 4.39 Å². The van der Waals surface area contributed by atoms with Crippen molar-refractivity contribution in [3.63, 3.8) is 0 Å². The molecule has 94 heavy (non-hydrogen) atoms. The minimum atomic E-state index is -0.456. The zero-order chi connectivity index (χ0) is 64.5. The number of amides is 4. The van der Waals surface area contributed by atoms with Crippen molar-refractivity contribution in [1.29, 1.82) is 0 Å². The van der Waals surface area contributed by atoms with Gasteiger partial charge in [0, 0.05) is 169 Å². The molecule has 4 aliphatic heterocycles. The SMILES string of the molecule is CCc1cc(C)ncc1-c1cc(C2=CCCN(C(=O)CCn3ccnn3)C2)c(F)c2[nH]c(C(=O)N3CCN(C4CC4n4ncc[n+]4CCC(=O)N4CCC=C(c5cc6cc(C(=O)N7Cc8cnn(CC)c8C7)cc(-c7ccc(C)nc7CC)c6n5CC5CC5)C4)CC3)cc12. The molecule has 2 aromatic carbocycles. The summed E-state index contributed by atoms with van der Waals surface area (Å²) in [6.45, 7) is 18.2. The largest absolute Gasteiger partial charge is 0.348 e. The van der Waals surface area contributed by atoms with E-state index >= 15 is 4.39 Å². The Bertz CT molecular complexity index is 4520. The summed E-state index contributed by atoms with van der Waals surface area (Å²) in [6.07, 6.45) is 21.8. The Morgan fingerprint density at radius 3 is 2.28 bits per heavy atom. The predicted octanol–water partition coefficient (Wildman–Crippen LogP) is 9.17. The summed E-state index contributed by atoms with van der Waals surface area (Å²) in [4.78, 5) is 82.2. The van der Waals surface area contributed by atoms with Crippen LogP contribution in [0.4, 0.5) is 4.39 Å². The monoisotopic (exact) mass is 1270 g/mol. The van der Waals surface area contributed by atoms with Gasteiger partial charge in [-0.1, -0.05) is 37.3 Å². The molecule has 2 saturated carbocycles. The average molecular weight is 1270 g/mol. The molecule has 2 aliphatic carbocycles. The van der Waals surface area contributed by atoms with Crippen molar-refractivity contribution in [2.75, 3.05) is 52.4 Å². The molecule has 1 N–H and O–H groups in total. The van der Waals surface area contributed by atoms with Crippen molar-refractivity contribution in [2.24, 2.45) is 5.92 Å². The molecule has 3 fully saturated rings. The number of aryl methyl sites for hydroxylation is 7. The Morgan fingerprint density at radius 1 is 0.713 bits per heavy atom. The zero-order valence-electron chi connectivity index (χ0n) is 54.4. The number of aromatic nitrogens is 12. The lowest BCUT2D eigenvalue weighted by atomic mass is 9.91. The minimum absolute atomic E-state index is 0.000667. The Kier molecular flexibility index (Phi) is 16.2. The molecule has 2 atom stereocenters. The Morgan fingerprint density at radius 2 is 1.51 bits per heavy atom. The number of fused-ring (bicyclic) bond motifs is 3. The van der Waals surface area contributed by atoms with E-state index in [2.05, 4.69) is 103 Å². The van der Waals surface area contributed by atoms with Crippen LogP contribution < -0.4 is 4.68 Å². The maximum absolute atomic E-state index is 17.2. The lowest BCUT2D eigenvalue weighted by molar-refractivity contribution is -0.779. The number of aromatic amines is 1. The highest BCUT2D eigenvalue weighted by atomic mass is 19.1. The molecule has 2 unspecified atom stereocenters. The Balaban J connectivity index is 0.611. The molecule has 9 aromatic rings. The lowest BCUT2D eigenvalue weighted by Gasteiger charge is -2.34. The number of carbonyl (C=O) groups is 4. The van der Waals surface area contributed by atoms with Crippen LogP contribution in [0.25, 0.3) is 55.2 Å². The topological polar surface area (TPSA) is 201 Å². The summed E-state index contributed by atoms with van der Waals surface area (Å²) in [5.41, 5.74) is 15.5. The summed E-state index contributed by atoms with van der Waals surface area (Å²) >= 11 is 0. The lowest BCUT2D eigenvalue weighted by Crippen LogP contribution is -2.51. The molecule has 1 saturated heterocycles. The van der Waals surface area contributed by atoms with Crippen LogP contribution in [0.1, 0.15) is 138 Å². The third-order valence-electron chi connectivity index (χ3n) is 20.4. The van der Waals surface area contributed by atoms with Gasteiger partial charge in [-0.15, -0.1) is 5.10 Å². The molecule has 6 aliphatic rings. The highest BCUT2D eigenvalue weighted by Crippen LogP contribution is 2.44. The van der Waals surface area contributed by atoms with Crippen molar-refractivity contribution in [3.8, 4) is 22.3 Å².